The third-order valence-corrected chi connectivity index (χ3v) is 3.40. The Morgan fingerprint density at radius 1 is 1.42 bits per heavy atom. The Balaban J connectivity index is 1.90. The van der Waals surface area contributed by atoms with E-state index in [9.17, 15) is 4.79 Å². The van der Waals surface area contributed by atoms with Crippen LogP contribution in [0.1, 0.15) is 0 Å². The van der Waals surface area contributed by atoms with E-state index in [0.717, 1.165) is 17.4 Å². The van der Waals surface area contributed by atoms with Crippen LogP contribution in [0.2, 0.25) is 0 Å². The van der Waals surface area contributed by atoms with E-state index in [1.807, 2.05) is 6.07 Å². The van der Waals surface area contributed by atoms with Crippen LogP contribution in [0.5, 0.6) is 11.5 Å². The van der Waals surface area contributed by atoms with Gasteiger partial charge in [0.05, 0.1) is 11.4 Å². The van der Waals surface area contributed by atoms with Gasteiger partial charge in [-0.15, -0.1) is 10.2 Å². The van der Waals surface area contributed by atoms with Crippen LogP contribution in [0.3, 0.4) is 0 Å². The molecule has 0 bridgehead atoms. The number of carboxylic acid groups (broad SMARTS) is 1. The maximum atomic E-state index is 10.6. The van der Waals surface area contributed by atoms with E-state index >= 15 is 0 Å². The van der Waals surface area contributed by atoms with Crippen molar-refractivity contribution in [3.8, 4) is 17.2 Å². The summed E-state index contributed by atoms with van der Waals surface area (Å²) in [6, 6.07) is 5.43. The first-order chi connectivity index (χ1) is 9.24. The highest BCUT2D eigenvalue weighted by Crippen LogP contribution is 2.34. The van der Waals surface area contributed by atoms with Crippen LogP contribution in [-0.4, -0.2) is 38.4 Å². The lowest BCUT2D eigenvalue weighted by Crippen LogP contribution is -2.01. The van der Waals surface area contributed by atoms with Gasteiger partial charge < -0.3 is 14.6 Å². The largest absolute Gasteiger partial charge is 0.481 e. The van der Waals surface area contributed by atoms with Crippen molar-refractivity contribution in [2.24, 2.45) is 0 Å². The molecule has 1 aromatic heterocycles. The first kappa shape index (κ1) is 11.8. The molecule has 0 radical (unpaired) electrons. The minimum atomic E-state index is -0.898. The number of aromatic nitrogens is 3. The summed E-state index contributed by atoms with van der Waals surface area (Å²) in [5.41, 5.74) is 0.794. The van der Waals surface area contributed by atoms with Gasteiger partial charge in [-0.05, 0) is 12.1 Å². The van der Waals surface area contributed by atoms with Crippen LogP contribution in [0, 0.1) is 0 Å². The van der Waals surface area contributed by atoms with Gasteiger partial charge in [-0.1, -0.05) is 11.8 Å². The molecule has 0 amide bonds. The number of ether oxygens (including phenoxy) is 2. The molecule has 98 valence electrons. The minimum Gasteiger partial charge on any atom is -0.481 e. The summed E-state index contributed by atoms with van der Waals surface area (Å²) in [7, 11) is 0. The predicted molar refractivity (Wildman–Crippen MR) is 65.8 cm³/mol. The smallest absolute Gasteiger partial charge is 0.313 e. The van der Waals surface area contributed by atoms with E-state index in [2.05, 4.69) is 10.2 Å². The average Bonchev–Trinajstić information content (AvgIpc) is 3.04. The van der Waals surface area contributed by atoms with Gasteiger partial charge in [-0.2, -0.15) is 0 Å². The Hall–Kier alpha value is -2.22. The molecule has 19 heavy (non-hydrogen) atoms. The lowest BCUT2D eigenvalue weighted by Gasteiger charge is -2.06. The fourth-order valence-electron chi connectivity index (χ4n) is 1.66. The molecule has 1 aromatic carbocycles. The Morgan fingerprint density at radius 3 is 3.11 bits per heavy atom. The van der Waals surface area contributed by atoms with Crippen molar-refractivity contribution in [3.63, 3.8) is 0 Å². The van der Waals surface area contributed by atoms with Gasteiger partial charge in [0.1, 0.15) is 6.33 Å². The molecule has 2 aromatic rings. The zero-order chi connectivity index (χ0) is 13.2. The molecule has 1 aliphatic rings. The van der Waals surface area contributed by atoms with Crippen LogP contribution >= 0.6 is 11.8 Å². The zero-order valence-corrected chi connectivity index (χ0v) is 10.5. The third kappa shape index (κ3) is 2.34. The minimum absolute atomic E-state index is 0.0662. The fourth-order valence-corrected chi connectivity index (χ4v) is 2.31. The van der Waals surface area contributed by atoms with Crippen molar-refractivity contribution in [2.45, 2.75) is 5.16 Å². The first-order valence-corrected chi connectivity index (χ1v) is 6.37. The predicted octanol–water partition coefficient (Wildman–Crippen LogP) is 1.17. The molecule has 1 aliphatic heterocycles. The number of carbonyl (C=O) groups is 1. The average molecular weight is 279 g/mol. The molecule has 1 N–H and O–H groups in total. The highest BCUT2D eigenvalue weighted by molar-refractivity contribution is 7.99. The van der Waals surface area contributed by atoms with Crippen LogP contribution < -0.4 is 9.47 Å². The number of nitrogens with zero attached hydrogens (tertiary/aromatic N) is 3. The highest BCUT2D eigenvalue weighted by Gasteiger charge is 2.16. The third-order valence-electron chi connectivity index (χ3n) is 2.48. The number of rotatable bonds is 4. The summed E-state index contributed by atoms with van der Waals surface area (Å²) in [6.45, 7) is 0.210. The monoisotopic (exact) mass is 279 g/mol. The van der Waals surface area contributed by atoms with E-state index in [1.54, 1.807) is 16.7 Å². The van der Waals surface area contributed by atoms with Gasteiger partial charge in [-0.25, -0.2) is 0 Å². The standard InChI is InChI=1S/C11H9N3O4S/c15-10(16)4-19-11-13-12-5-14(11)7-1-2-8-9(3-7)18-6-17-8/h1-3,5H,4,6H2,(H,15,16). The Morgan fingerprint density at radius 2 is 2.26 bits per heavy atom. The Labute approximate surface area is 112 Å². The van der Waals surface area contributed by atoms with E-state index in [1.165, 1.54) is 6.33 Å². The van der Waals surface area contributed by atoms with E-state index in [0.29, 0.717) is 16.7 Å². The molecule has 8 heteroatoms. The van der Waals surface area contributed by atoms with E-state index in [-0.39, 0.29) is 12.5 Å². The van der Waals surface area contributed by atoms with Gasteiger partial charge in [0.25, 0.3) is 0 Å². The number of hydrogen-bond acceptors (Lipinski definition) is 6. The van der Waals surface area contributed by atoms with Crippen molar-refractivity contribution in [1.29, 1.82) is 0 Å². The molecule has 0 unspecified atom stereocenters. The maximum absolute atomic E-state index is 10.6. The fraction of sp³-hybridized carbons (Fsp3) is 0.182. The van der Waals surface area contributed by atoms with Crippen LogP contribution in [0.4, 0.5) is 0 Å². The summed E-state index contributed by atoms with van der Waals surface area (Å²) in [6.07, 6.45) is 1.53. The number of aliphatic carboxylic acids is 1. The Kier molecular flexibility index (Phi) is 3.00. The maximum Gasteiger partial charge on any atom is 0.313 e. The molecule has 2 heterocycles. The second kappa shape index (κ2) is 4.81. The lowest BCUT2D eigenvalue weighted by molar-refractivity contribution is -0.133. The van der Waals surface area contributed by atoms with Gasteiger partial charge in [0.2, 0.25) is 6.79 Å². The molecule has 0 saturated carbocycles. The second-order valence-corrected chi connectivity index (χ2v) is 4.65. The number of hydrogen-bond donors (Lipinski definition) is 1. The van der Waals surface area contributed by atoms with Crippen molar-refractivity contribution < 1.29 is 19.4 Å². The summed E-state index contributed by atoms with van der Waals surface area (Å²) >= 11 is 1.11. The molecule has 0 spiro atoms. The summed E-state index contributed by atoms with van der Waals surface area (Å²) in [5.74, 6) is 0.380. The van der Waals surface area contributed by atoms with Crippen molar-refractivity contribution >= 4 is 17.7 Å². The van der Waals surface area contributed by atoms with Crippen LogP contribution in [0.25, 0.3) is 5.69 Å². The zero-order valence-electron chi connectivity index (χ0n) is 9.65. The van der Waals surface area contributed by atoms with Crippen molar-refractivity contribution in [1.82, 2.24) is 14.8 Å². The SMILES string of the molecule is O=C(O)CSc1nncn1-c1ccc2c(c1)OCO2. The van der Waals surface area contributed by atoms with Crippen molar-refractivity contribution in [2.75, 3.05) is 12.5 Å². The molecule has 0 aliphatic carbocycles. The quantitative estimate of drug-likeness (QED) is 0.841. The molecule has 0 atom stereocenters. The van der Waals surface area contributed by atoms with Gasteiger partial charge in [0.15, 0.2) is 16.7 Å². The lowest BCUT2D eigenvalue weighted by atomic mass is 10.3. The van der Waals surface area contributed by atoms with Gasteiger partial charge in [0, 0.05) is 6.07 Å². The first-order valence-electron chi connectivity index (χ1n) is 5.38. The highest BCUT2D eigenvalue weighted by atomic mass is 32.2. The molecule has 0 fully saturated rings. The van der Waals surface area contributed by atoms with Crippen LogP contribution in [-0.2, 0) is 4.79 Å². The number of thioether (sulfide) groups is 1. The van der Waals surface area contributed by atoms with E-state index < -0.39 is 5.97 Å². The summed E-state index contributed by atoms with van der Waals surface area (Å²) in [5, 5.41) is 16.9. The van der Waals surface area contributed by atoms with E-state index in [4.69, 9.17) is 14.6 Å². The van der Waals surface area contributed by atoms with Gasteiger partial charge >= 0.3 is 5.97 Å². The summed E-state index contributed by atoms with van der Waals surface area (Å²) in [4.78, 5) is 10.6. The molecular weight excluding hydrogens is 270 g/mol. The second-order valence-electron chi connectivity index (χ2n) is 3.70. The number of fused-ring (bicyclic) bond motifs is 1. The molecule has 3 rings (SSSR count). The normalized spacial score (nSPS) is 12.6. The Bertz CT molecular complexity index is 628. The molecule has 7 nitrogen and oxygen atoms in total. The van der Waals surface area contributed by atoms with Crippen molar-refractivity contribution in [3.05, 3.63) is 24.5 Å². The number of carboxylic acids is 1. The van der Waals surface area contributed by atoms with Crippen LogP contribution in [0.15, 0.2) is 29.7 Å². The topological polar surface area (TPSA) is 86.5 Å². The molecule has 0 saturated heterocycles. The number of benzene rings is 1. The summed E-state index contributed by atoms with van der Waals surface area (Å²) < 4.78 is 12.2. The molecular formula is C11H9N3O4S. The van der Waals surface area contributed by atoms with Gasteiger partial charge in [-0.3, -0.25) is 9.36 Å².